The average molecular weight is 428 g/mol. The van der Waals surface area contributed by atoms with Crippen LogP contribution in [0, 0.1) is 20.8 Å². The third-order valence-corrected chi connectivity index (χ3v) is 4.95. The van der Waals surface area contributed by atoms with Gasteiger partial charge >= 0.3 is 6.18 Å². The first-order chi connectivity index (χ1) is 14.6. The smallest absolute Gasteiger partial charge is 0.346 e. The second-order valence-corrected chi connectivity index (χ2v) is 7.16. The summed E-state index contributed by atoms with van der Waals surface area (Å²) < 4.78 is 42.4. The van der Waals surface area contributed by atoms with E-state index in [0.717, 1.165) is 28.7 Å². The topological polar surface area (TPSA) is 77.1 Å². The van der Waals surface area contributed by atoms with Gasteiger partial charge in [-0.2, -0.15) is 23.4 Å². The van der Waals surface area contributed by atoms with Crippen LogP contribution >= 0.6 is 0 Å². The zero-order valence-corrected chi connectivity index (χ0v) is 17.0. The largest absolute Gasteiger partial charge is 0.433 e. The molecule has 4 rings (SSSR count). The molecule has 0 saturated carbocycles. The van der Waals surface area contributed by atoms with Crippen molar-refractivity contribution in [1.29, 1.82) is 0 Å². The van der Waals surface area contributed by atoms with Crippen molar-refractivity contribution < 1.29 is 18.0 Å². The molecule has 0 radical (unpaired) electrons. The zero-order chi connectivity index (χ0) is 22.3. The van der Waals surface area contributed by atoms with Gasteiger partial charge in [0.2, 0.25) is 0 Å². The number of nitrogens with zero attached hydrogens (tertiary/aromatic N) is 5. The molecule has 1 N–H and O–H groups in total. The van der Waals surface area contributed by atoms with Crippen LogP contribution in [0.1, 0.15) is 38.8 Å². The summed E-state index contributed by atoms with van der Waals surface area (Å²) in [6, 6.07) is 11.7. The molecule has 3 heterocycles. The Balaban J connectivity index is 1.59. The molecule has 1 amide bonds. The molecule has 0 atom stereocenters. The molecule has 0 saturated heterocycles. The van der Waals surface area contributed by atoms with Gasteiger partial charge in [-0.25, -0.2) is 14.2 Å². The van der Waals surface area contributed by atoms with E-state index in [-0.39, 0.29) is 23.6 Å². The molecular formula is C21H19F3N6O. The minimum atomic E-state index is -4.62. The van der Waals surface area contributed by atoms with E-state index in [4.69, 9.17) is 0 Å². The molecule has 7 nitrogen and oxygen atoms in total. The number of rotatable bonds is 4. The summed E-state index contributed by atoms with van der Waals surface area (Å²) in [7, 11) is 0. The van der Waals surface area contributed by atoms with Gasteiger partial charge in [0.1, 0.15) is 5.69 Å². The fourth-order valence-electron chi connectivity index (χ4n) is 3.42. The second kappa shape index (κ2) is 7.53. The van der Waals surface area contributed by atoms with Crippen molar-refractivity contribution in [2.24, 2.45) is 0 Å². The van der Waals surface area contributed by atoms with Gasteiger partial charge in [0.25, 0.3) is 5.91 Å². The van der Waals surface area contributed by atoms with Gasteiger partial charge in [-0.1, -0.05) is 18.2 Å². The number of hydrogen-bond donors (Lipinski definition) is 1. The normalized spacial score (nSPS) is 11.8. The summed E-state index contributed by atoms with van der Waals surface area (Å²) in [5.41, 5.74) is 2.34. The third kappa shape index (κ3) is 3.88. The lowest BCUT2D eigenvalue weighted by atomic mass is 10.2. The van der Waals surface area contributed by atoms with Crippen molar-refractivity contribution >= 4 is 11.6 Å². The Kier molecular flexibility index (Phi) is 5.00. The van der Waals surface area contributed by atoms with Crippen molar-refractivity contribution in [3.8, 4) is 5.69 Å². The molecule has 0 aliphatic carbocycles. The van der Waals surface area contributed by atoms with Crippen LogP contribution in [0.25, 0.3) is 11.3 Å². The highest BCUT2D eigenvalue weighted by Crippen LogP contribution is 2.29. The van der Waals surface area contributed by atoms with Crippen molar-refractivity contribution in [3.63, 3.8) is 0 Å². The number of aryl methyl sites for hydroxylation is 2. The van der Waals surface area contributed by atoms with Crippen molar-refractivity contribution in [2.45, 2.75) is 33.5 Å². The quantitative estimate of drug-likeness (QED) is 0.537. The lowest BCUT2D eigenvalue weighted by Gasteiger charge is -2.09. The molecule has 3 aromatic heterocycles. The number of nitrogens with one attached hydrogen (secondary N) is 1. The Labute approximate surface area is 175 Å². The van der Waals surface area contributed by atoms with Crippen LogP contribution in [0.3, 0.4) is 0 Å². The van der Waals surface area contributed by atoms with Crippen LogP contribution in [-0.4, -0.2) is 30.3 Å². The minimum Gasteiger partial charge on any atom is -0.346 e. The first kappa shape index (κ1) is 20.6. The number of hydrogen-bond acceptors (Lipinski definition) is 4. The van der Waals surface area contributed by atoms with Crippen LogP contribution in [0.2, 0.25) is 0 Å². The molecule has 0 aliphatic rings. The monoisotopic (exact) mass is 428 g/mol. The van der Waals surface area contributed by atoms with Crippen molar-refractivity contribution in [3.05, 3.63) is 76.5 Å². The lowest BCUT2D eigenvalue weighted by Crippen LogP contribution is -2.24. The number of fused-ring (bicyclic) bond motifs is 1. The van der Waals surface area contributed by atoms with Crippen molar-refractivity contribution in [1.82, 2.24) is 29.7 Å². The maximum absolute atomic E-state index is 13.3. The summed E-state index contributed by atoms with van der Waals surface area (Å²) in [6.07, 6.45) is -4.62. The first-order valence-electron chi connectivity index (χ1n) is 9.48. The fourth-order valence-corrected chi connectivity index (χ4v) is 3.42. The molecule has 0 fully saturated rings. The Morgan fingerprint density at radius 1 is 1.06 bits per heavy atom. The number of carbonyl (C=O) groups excluding carboxylic acids is 1. The number of alkyl halides is 3. The van der Waals surface area contributed by atoms with E-state index < -0.39 is 17.8 Å². The number of para-hydroxylation sites is 1. The Hall–Kier alpha value is -3.69. The van der Waals surface area contributed by atoms with E-state index in [1.807, 2.05) is 44.2 Å². The molecule has 0 spiro atoms. The van der Waals surface area contributed by atoms with Gasteiger partial charge in [-0.05, 0) is 39.0 Å². The lowest BCUT2D eigenvalue weighted by molar-refractivity contribution is -0.142. The van der Waals surface area contributed by atoms with Gasteiger partial charge in [0.15, 0.2) is 11.3 Å². The maximum atomic E-state index is 13.3. The van der Waals surface area contributed by atoms with Gasteiger partial charge in [-0.15, -0.1) is 0 Å². The highest BCUT2D eigenvalue weighted by Gasteiger charge is 2.35. The molecule has 4 aromatic rings. The standard InChI is InChI=1S/C21H19F3N6O/c1-12-9-18(21(22,23)24)30-19(26-12)10-17(28-30)20(31)25-11-16-13(2)27-29(14(16)3)15-7-5-4-6-8-15/h4-10H,11H2,1-3H3,(H,25,31). The van der Waals surface area contributed by atoms with E-state index in [1.165, 1.54) is 13.0 Å². The first-order valence-corrected chi connectivity index (χ1v) is 9.48. The van der Waals surface area contributed by atoms with Crippen LogP contribution in [0.5, 0.6) is 0 Å². The summed E-state index contributed by atoms with van der Waals surface area (Å²) >= 11 is 0. The molecule has 0 bridgehead atoms. The van der Waals surface area contributed by atoms with E-state index in [0.29, 0.717) is 4.52 Å². The van der Waals surface area contributed by atoms with E-state index in [1.54, 1.807) is 4.68 Å². The van der Waals surface area contributed by atoms with E-state index >= 15 is 0 Å². The SMILES string of the molecule is Cc1cc(C(F)(F)F)n2nc(C(=O)NCc3c(C)nn(-c4ccccc4)c3C)cc2n1. The van der Waals surface area contributed by atoms with Crippen LogP contribution < -0.4 is 5.32 Å². The van der Waals surface area contributed by atoms with Crippen molar-refractivity contribution in [2.75, 3.05) is 0 Å². The fraction of sp³-hybridized carbons (Fsp3) is 0.238. The van der Waals surface area contributed by atoms with E-state index in [2.05, 4.69) is 20.5 Å². The zero-order valence-electron chi connectivity index (χ0n) is 17.0. The van der Waals surface area contributed by atoms with Crippen LogP contribution in [-0.2, 0) is 12.7 Å². The number of aromatic nitrogens is 5. The Bertz CT molecular complexity index is 1270. The third-order valence-electron chi connectivity index (χ3n) is 4.95. The summed E-state index contributed by atoms with van der Waals surface area (Å²) in [5, 5.41) is 11.1. The molecule has 1 aromatic carbocycles. The number of halogens is 3. The molecule has 160 valence electrons. The highest BCUT2D eigenvalue weighted by molar-refractivity contribution is 5.93. The molecule has 31 heavy (non-hydrogen) atoms. The average Bonchev–Trinajstić information content (AvgIpc) is 3.26. The summed E-state index contributed by atoms with van der Waals surface area (Å²) in [4.78, 5) is 16.7. The maximum Gasteiger partial charge on any atom is 0.433 e. The van der Waals surface area contributed by atoms with E-state index in [9.17, 15) is 18.0 Å². The predicted molar refractivity (Wildman–Crippen MR) is 107 cm³/mol. The molecule has 0 unspecified atom stereocenters. The molecule has 10 heteroatoms. The second-order valence-electron chi connectivity index (χ2n) is 7.16. The Morgan fingerprint density at radius 2 is 1.77 bits per heavy atom. The number of benzene rings is 1. The van der Waals surface area contributed by atoms with Gasteiger partial charge in [-0.3, -0.25) is 4.79 Å². The summed E-state index contributed by atoms with van der Waals surface area (Å²) in [5.74, 6) is -0.595. The van der Waals surface area contributed by atoms with Crippen LogP contribution in [0.4, 0.5) is 13.2 Å². The highest BCUT2D eigenvalue weighted by atomic mass is 19.4. The summed E-state index contributed by atoms with van der Waals surface area (Å²) in [6.45, 7) is 5.34. The predicted octanol–water partition coefficient (Wildman–Crippen LogP) is 3.79. The Morgan fingerprint density at radius 3 is 2.45 bits per heavy atom. The molecular weight excluding hydrogens is 409 g/mol. The van der Waals surface area contributed by atoms with Gasteiger partial charge in [0.05, 0.1) is 11.4 Å². The molecule has 0 aliphatic heterocycles. The minimum absolute atomic E-state index is 0.0401. The number of carbonyl (C=O) groups is 1. The van der Waals surface area contributed by atoms with Gasteiger partial charge in [0, 0.05) is 29.6 Å². The van der Waals surface area contributed by atoms with Gasteiger partial charge < -0.3 is 5.32 Å². The van der Waals surface area contributed by atoms with Crippen LogP contribution in [0.15, 0.2) is 42.5 Å². The number of amides is 1.